The number of hydrogen-bond acceptors (Lipinski definition) is 2. The van der Waals surface area contributed by atoms with Crippen LogP contribution < -0.4 is 10.5 Å². The Morgan fingerprint density at radius 1 is 1.78 bits per heavy atom. The molecule has 0 radical (unpaired) electrons. The Labute approximate surface area is 67.9 Å². The molecular formula is C4H4IN2OS+. The number of hydrogen-bond donors (Lipinski definition) is 1. The van der Waals surface area contributed by atoms with Crippen molar-refractivity contribution in [3.63, 3.8) is 0 Å². The molecule has 0 aromatic carbocycles. The van der Waals surface area contributed by atoms with Crippen LogP contribution in [0.1, 0.15) is 0 Å². The third-order valence-electron chi connectivity index (χ3n) is 0.763. The van der Waals surface area contributed by atoms with Gasteiger partial charge in [-0.25, -0.2) is 9.78 Å². The highest BCUT2D eigenvalue weighted by Crippen LogP contribution is 2.15. The molecule has 2 N–H and O–H groups in total. The summed E-state index contributed by atoms with van der Waals surface area (Å²) in [6.45, 7) is 0. The van der Waals surface area contributed by atoms with Crippen LogP contribution in [0.2, 0.25) is 0 Å². The third kappa shape index (κ3) is 1.98. The van der Waals surface area contributed by atoms with Gasteiger partial charge in [0.1, 0.15) is 0 Å². The number of H-pyrrole nitrogens is 2. The minimum Gasteiger partial charge on any atom is -0.241 e. The van der Waals surface area contributed by atoms with Gasteiger partial charge in [0.25, 0.3) is 0 Å². The summed E-state index contributed by atoms with van der Waals surface area (Å²) in [5.41, 5.74) is -0.0760. The molecule has 0 amide bonds. The van der Waals surface area contributed by atoms with Gasteiger partial charge in [0.15, 0.2) is 0 Å². The van der Waals surface area contributed by atoms with Crippen molar-refractivity contribution in [3.05, 3.63) is 22.6 Å². The summed E-state index contributed by atoms with van der Waals surface area (Å²) in [7, 11) is 1.44. The Kier molecular flexibility index (Phi) is 2.52. The fourth-order valence-electron chi connectivity index (χ4n) is 0.424. The van der Waals surface area contributed by atoms with Gasteiger partial charge in [0, 0.05) is 30.1 Å². The van der Waals surface area contributed by atoms with Crippen molar-refractivity contribution in [2.75, 3.05) is 0 Å². The summed E-state index contributed by atoms with van der Waals surface area (Å²) >= 11 is 2.09. The first-order chi connectivity index (χ1) is 4.33. The van der Waals surface area contributed by atoms with Crippen LogP contribution in [-0.2, 0) is 0 Å². The van der Waals surface area contributed by atoms with Crippen LogP contribution in [0.5, 0.6) is 0 Å². The molecule has 0 spiro atoms. The predicted molar refractivity (Wildman–Crippen MR) is 43.5 cm³/mol. The molecule has 0 aliphatic heterocycles. The van der Waals surface area contributed by atoms with Crippen molar-refractivity contribution in [1.29, 1.82) is 0 Å². The normalized spacial score (nSPS) is 9.44. The lowest BCUT2D eigenvalue weighted by atomic mass is 10.7. The molecule has 1 aromatic heterocycles. The quantitative estimate of drug-likeness (QED) is 0.591. The lowest BCUT2D eigenvalue weighted by molar-refractivity contribution is -0.433. The van der Waals surface area contributed by atoms with E-state index in [1.807, 2.05) is 0 Å². The number of halogens is 1. The second-order valence-electron chi connectivity index (χ2n) is 1.37. The summed E-state index contributed by atoms with van der Waals surface area (Å²) in [6.07, 6.45) is 1.61. The van der Waals surface area contributed by atoms with Crippen molar-refractivity contribution in [1.82, 2.24) is 4.98 Å². The number of aromatic nitrogens is 2. The maximum Gasteiger partial charge on any atom is 0.335 e. The highest BCUT2D eigenvalue weighted by atomic mass is 127. The van der Waals surface area contributed by atoms with E-state index < -0.39 is 0 Å². The van der Waals surface area contributed by atoms with E-state index in [0.29, 0.717) is 0 Å². The standard InChI is InChI=1S/C4H3IN2OS/c5-9-4-6-2-1-3(8)7-4/h1-2H,(H,6,7,8)/p+1. The average Bonchev–Trinajstić information content (AvgIpc) is 1.88. The van der Waals surface area contributed by atoms with E-state index >= 15 is 0 Å². The Bertz CT molecular complexity index is 248. The van der Waals surface area contributed by atoms with Crippen LogP contribution in [0.25, 0.3) is 0 Å². The van der Waals surface area contributed by atoms with Gasteiger partial charge in [-0.2, -0.15) is 4.98 Å². The molecule has 0 aliphatic carbocycles. The molecular weight excluding hydrogens is 251 g/mol. The Balaban J connectivity index is 3.08. The van der Waals surface area contributed by atoms with Crippen molar-refractivity contribution < 1.29 is 4.98 Å². The highest BCUT2D eigenvalue weighted by Gasteiger charge is 1.97. The summed E-state index contributed by atoms with van der Waals surface area (Å²) in [4.78, 5) is 16.0. The summed E-state index contributed by atoms with van der Waals surface area (Å²) in [5, 5.41) is 0.767. The monoisotopic (exact) mass is 255 g/mol. The van der Waals surface area contributed by atoms with Crippen LogP contribution in [0, 0.1) is 0 Å². The number of rotatable bonds is 1. The fraction of sp³-hybridized carbons (Fsp3) is 0. The van der Waals surface area contributed by atoms with Crippen LogP contribution in [0.15, 0.2) is 22.2 Å². The van der Waals surface area contributed by atoms with Crippen molar-refractivity contribution >= 4 is 30.1 Å². The summed E-state index contributed by atoms with van der Waals surface area (Å²) in [6, 6.07) is 1.44. The second kappa shape index (κ2) is 3.21. The molecule has 0 aliphatic rings. The first-order valence-corrected chi connectivity index (χ1v) is 5.58. The molecule has 0 bridgehead atoms. The topological polar surface area (TPSA) is 47.0 Å². The molecule has 0 saturated heterocycles. The summed E-state index contributed by atoms with van der Waals surface area (Å²) in [5.74, 6) is 0. The van der Waals surface area contributed by atoms with Gasteiger partial charge in [-0.05, 0) is 0 Å². The molecule has 0 saturated carbocycles. The Hall–Kier alpha value is -0.0400. The van der Waals surface area contributed by atoms with Crippen LogP contribution in [-0.4, -0.2) is 4.98 Å². The molecule has 9 heavy (non-hydrogen) atoms. The van der Waals surface area contributed by atoms with Gasteiger partial charge in [-0.15, -0.1) is 0 Å². The van der Waals surface area contributed by atoms with Gasteiger partial charge in [0.2, 0.25) is 0 Å². The van der Waals surface area contributed by atoms with E-state index in [1.165, 1.54) is 15.0 Å². The largest absolute Gasteiger partial charge is 0.335 e. The Morgan fingerprint density at radius 3 is 3.00 bits per heavy atom. The molecule has 1 aromatic rings. The Morgan fingerprint density at radius 2 is 2.56 bits per heavy atom. The van der Waals surface area contributed by atoms with E-state index in [9.17, 15) is 4.79 Å². The third-order valence-corrected chi connectivity index (χ3v) is 2.46. The second-order valence-corrected chi connectivity index (χ2v) is 3.26. The van der Waals surface area contributed by atoms with Gasteiger partial charge in [0.05, 0.1) is 12.3 Å². The zero-order chi connectivity index (χ0) is 6.69. The van der Waals surface area contributed by atoms with Gasteiger partial charge in [-0.3, -0.25) is 0 Å². The molecule has 0 atom stereocenters. The van der Waals surface area contributed by atoms with E-state index in [4.69, 9.17) is 0 Å². The SMILES string of the molecule is O=c1cc[nH+]c(SI)[nH]1. The van der Waals surface area contributed by atoms with Crippen molar-refractivity contribution in [2.24, 2.45) is 0 Å². The minimum absolute atomic E-state index is 0.0760. The maximum absolute atomic E-state index is 10.6. The maximum atomic E-state index is 10.6. The number of aromatic amines is 2. The van der Waals surface area contributed by atoms with Gasteiger partial charge < -0.3 is 0 Å². The average molecular weight is 255 g/mol. The molecule has 1 rings (SSSR count). The molecule has 0 fully saturated rings. The highest BCUT2D eigenvalue weighted by molar-refractivity contribution is 14.2. The van der Waals surface area contributed by atoms with Crippen LogP contribution in [0.3, 0.4) is 0 Å². The lowest BCUT2D eigenvalue weighted by Gasteiger charge is -1.80. The lowest BCUT2D eigenvalue weighted by Crippen LogP contribution is -2.15. The van der Waals surface area contributed by atoms with Crippen molar-refractivity contribution in [2.45, 2.75) is 5.16 Å². The van der Waals surface area contributed by atoms with Gasteiger partial charge >= 0.3 is 10.7 Å². The van der Waals surface area contributed by atoms with E-state index in [0.717, 1.165) is 5.16 Å². The number of nitrogens with one attached hydrogen (secondary N) is 2. The molecule has 48 valence electrons. The van der Waals surface area contributed by atoms with E-state index in [2.05, 4.69) is 31.2 Å². The van der Waals surface area contributed by atoms with Gasteiger partial charge in [-0.1, -0.05) is 0 Å². The molecule has 1 heterocycles. The van der Waals surface area contributed by atoms with Crippen LogP contribution >= 0.6 is 30.1 Å². The van der Waals surface area contributed by atoms with E-state index in [-0.39, 0.29) is 5.56 Å². The van der Waals surface area contributed by atoms with Crippen molar-refractivity contribution in [3.8, 4) is 0 Å². The first-order valence-electron chi connectivity index (χ1n) is 2.22. The van der Waals surface area contributed by atoms with Crippen LogP contribution in [0.4, 0.5) is 0 Å². The fourth-order valence-corrected chi connectivity index (χ4v) is 1.39. The smallest absolute Gasteiger partial charge is 0.241 e. The summed E-state index contributed by atoms with van der Waals surface area (Å²) < 4.78 is 0. The first kappa shape index (κ1) is 7.07. The zero-order valence-corrected chi connectivity index (χ0v) is 7.32. The predicted octanol–water partition coefficient (Wildman–Crippen LogP) is 0.631. The zero-order valence-electron chi connectivity index (χ0n) is 4.35. The minimum atomic E-state index is -0.0760. The molecule has 3 nitrogen and oxygen atoms in total. The molecule has 5 heteroatoms. The molecule has 0 unspecified atom stereocenters. The van der Waals surface area contributed by atoms with E-state index in [1.54, 1.807) is 6.20 Å².